The van der Waals surface area contributed by atoms with Gasteiger partial charge < -0.3 is 0 Å². The Bertz CT molecular complexity index is 1140. The molecule has 1 aliphatic rings. The summed E-state index contributed by atoms with van der Waals surface area (Å²) in [6.07, 6.45) is 0.829. The number of hydrogen-bond donors (Lipinski definition) is 0. The molecule has 1 heteroatoms. The highest BCUT2D eigenvalue weighted by molar-refractivity contribution is 6.13. The van der Waals surface area contributed by atoms with Crippen LogP contribution in [0, 0.1) is 0 Å². The molecule has 0 radical (unpaired) electrons. The minimum absolute atomic E-state index is 0.138. The van der Waals surface area contributed by atoms with Crippen LogP contribution in [0.1, 0.15) is 27.0 Å². The van der Waals surface area contributed by atoms with E-state index >= 15 is 0 Å². The van der Waals surface area contributed by atoms with Gasteiger partial charge in [-0.15, -0.1) is 0 Å². The molecule has 0 heterocycles. The first-order valence-corrected chi connectivity index (χ1v) is 8.54. The van der Waals surface area contributed by atoms with E-state index in [1.807, 2.05) is 24.3 Å². The largest absolute Gasteiger partial charge is 0.289 e. The predicted octanol–water partition coefficient (Wildman–Crippen LogP) is 5.64. The van der Waals surface area contributed by atoms with E-state index in [1.165, 1.54) is 10.8 Å². The predicted molar refractivity (Wildman–Crippen MR) is 102 cm³/mol. The van der Waals surface area contributed by atoms with Gasteiger partial charge >= 0.3 is 0 Å². The molecule has 0 spiro atoms. The first-order chi connectivity index (χ1) is 12.3. The van der Waals surface area contributed by atoms with Crippen molar-refractivity contribution in [1.82, 2.24) is 0 Å². The third-order valence-electron chi connectivity index (χ3n) is 5.08. The maximum absolute atomic E-state index is 12.9. The van der Waals surface area contributed by atoms with Crippen molar-refractivity contribution in [2.45, 2.75) is 6.42 Å². The van der Waals surface area contributed by atoms with Crippen molar-refractivity contribution in [2.75, 3.05) is 0 Å². The van der Waals surface area contributed by atoms with E-state index in [4.69, 9.17) is 0 Å². The Kier molecular flexibility index (Phi) is 3.07. The summed E-state index contributed by atoms with van der Waals surface area (Å²) in [7, 11) is 0. The Morgan fingerprint density at radius 1 is 0.560 bits per heavy atom. The second-order valence-electron chi connectivity index (χ2n) is 6.60. The van der Waals surface area contributed by atoms with Gasteiger partial charge in [-0.1, -0.05) is 72.8 Å². The fourth-order valence-corrected chi connectivity index (χ4v) is 3.74. The molecule has 0 aliphatic heterocycles. The van der Waals surface area contributed by atoms with Gasteiger partial charge in [-0.3, -0.25) is 4.79 Å². The highest BCUT2D eigenvalue weighted by Crippen LogP contribution is 2.31. The first-order valence-electron chi connectivity index (χ1n) is 8.54. The standard InChI is InChI=1S/C24H16O/c25-24-22-8-4-3-7-20(22)14-21-12-11-19(15-23(21)24)18-10-9-16-5-1-2-6-17(16)13-18/h1-13,15H,14H2. The molecule has 5 rings (SSSR count). The normalized spacial score (nSPS) is 12.7. The van der Waals surface area contributed by atoms with Gasteiger partial charge in [0.1, 0.15) is 0 Å². The molecule has 0 saturated carbocycles. The van der Waals surface area contributed by atoms with Crippen molar-refractivity contribution in [3.8, 4) is 11.1 Å². The van der Waals surface area contributed by atoms with Gasteiger partial charge in [-0.05, 0) is 51.6 Å². The number of ketones is 1. The number of fused-ring (bicyclic) bond motifs is 3. The van der Waals surface area contributed by atoms with Crippen LogP contribution in [-0.2, 0) is 6.42 Å². The average Bonchev–Trinajstić information content (AvgIpc) is 2.68. The molecule has 1 nitrogen and oxygen atoms in total. The number of carbonyl (C=O) groups is 1. The highest BCUT2D eigenvalue weighted by Gasteiger charge is 2.23. The maximum Gasteiger partial charge on any atom is 0.193 e. The van der Waals surface area contributed by atoms with E-state index in [0.717, 1.165) is 39.8 Å². The number of hydrogen-bond acceptors (Lipinski definition) is 1. The van der Waals surface area contributed by atoms with Crippen molar-refractivity contribution >= 4 is 16.6 Å². The zero-order valence-corrected chi connectivity index (χ0v) is 13.7. The van der Waals surface area contributed by atoms with Crippen molar-refractivity contribution in [3.05, 3.63) is 107 Å². The fraction of sp³-hybridized carbons (Fsp3) is 0.0417. The molecule has 0 fully saturated rings. The Morgan fingerprint density at radius 2 is 1.24 bits per heavy atom. The molecule has 4 aromatic rings. The van der Waals surface area contributed by atoms with Crippen molar-refractivity contribution in [3.63, 3.8) is 0 Å². The van der Waals surface area contributed by atoms with Crippen molar-refractivity contribution in [2.24, 2.45) is 0 Å². The molecular weight excluding hydrogens is 304 g/mol. The zero-order chi connectivity index (χ0) is 16.8. The van der Waals surface area contributed by atoms with Gasteiger partial charge in [-0.2, -0.15) is 0 Å². The summed E-state index contributed by atoms with van der Waals surface area (Å²) in [6.45, 7) is 0. The van der Waals surface area contributed by atoms with Crippen LogP contribution in [0.5, 0.6) is 0 Å². The van der Waals surface area contributed by atoms with E-state index in [-0.39, 0.29) is 5.78 Å². The molecule has 0 amide bonds. The van der Waals surface area contributed by atoms with Crippen molar-refractivity contribution in [1.29, 1.82) is 0 Å². The Labute approximate surface area is 146 Å². The van der Waals surface area contributed by atoms with E-state index in [1.54, 1.807) is 0 Å². The minimum atomic E-state index is 0.138. The Morgan fingerprint density at radius 3 is 2.16 bits per heavy atom. The third-order valence-corrected chi connectivity index (χ3v) is 5.08. The van der Waals surface area contributed by atoms with Crippen LogP contribution in [0.3, 0.4) is 0 Å². The molecule has 118 valence electrons. The maximum atomic E-state index is 12.9. The van der Waals surface area contributed by atoms with Crippen molar-refractivity contribution < 1.29 is 4.79 Å². The lowest BCUT2D eigenvalue weighted by molar-refractivity contribution is 0.103. The summed E-state index contributed by atoms with van der Waals surface area (Å²) in [4.78, 5) is 12.9. The summed E-state index contributed by atoms with van der Waals surface area (Å²) < 4.78 is 0. The lowest BCUT2D eigenvalue weighted by Crippen LogP contribution is -2.14. The molecule has 0 bridgehead atoms. The quantitative estimate of drug-likeness (QED) is 0.390. The number of benzene rings is 4. The van der Waals surface area contributed by atoms with Crippen LogP contribution in [0.4, 0.5) is 0 Å². The van der Waals surface area contributed by atoms with Crippen LogP contribution in [0.25, 0.3) is 21.9 Å². The Hall–Kier alpha value is -3.19. The molecule has 0 aromatic heterocycles. The van der Waals surface area contributed by atoms with E-state index in [9.17, 15) is 4.79 Å². The number of carbonyl (C=O) groups excluding carboxylic acids is 1. The van der Waals surface area contributed by atoms with Crippen LogP contribution >= 0.6 is 0 Å². The minimum Gasteiger partial charge on any atom is -0.289 e. The third kappa shape index (κ3) is 2.28. The molecule has 25 heavy (non-hydrogen) atoms. The van der Waals surface area contributed by atoms with Gasteiger partial charge in [0.15, 0.2) is 5.78 Å². The van der Waals surface area contributed by atoms with Gasteiger partial charge in [0.05, 0.1) is 0 Å². The molecule has 4 aromatic carbocycles. The Balaban J connectivity index is 1.63. The van der Waals surface area contributed by atoms with Gasteiger partial charge in [0, 0.05) is 11.1 Å². The van der Waals surface area contributed by atoms with Crippen LogP contribution < -0.4 is 0 Å². The summed E-state index contributed by atoms with van der Waals surface area (Å²) in [6, 6.07) is 29.0. The second kappa shape index (κ2) is 5.42. The van der Waals surface area contributed by atoms with E-state index in [0.29, 0.717) is 0 Å². The van der Waals surface area contributed by atoms with Crippen LogP contribution in [-0.4, -0.2) is 5.78 Å². The fourth-order valence-electron chi connectivity index (χ4n) is 3.74. The van der Waals surface area contributed by atoms with Gasteiger partial charge in [0.25, 0.3) is 0 Å². The lowest BCUT2D eigenvalue weighted by atomic mass is 9.83. The van der Waals surface area contributed by atoms with Gasteiger partial charge in [-0.25, -0.2) is 0 Å². The van der Waals surface area contributed by atoms with E-state index in [2.05, 4.69) is 60.7 Å². The summed E-state index contributed by atoms with van der Waals surface area (Å²) in [5.41, 5.74) is 6.16. The first kappa shape index (κ1) is 14.2. The topological polar surface area (TPSA) is 17.1 Å². The highest BCUT2D eigenvalue weighted by atomic mass is 16.1. The SMILES string of the molecule is O=C1c2ccccc2Cc2ccc(-c3ccc4ccccc4c3)cc21. The van der Waals surface area contributed by atoms with Crippen LogP contribution in [0.15, 0.2) is 84.9 Å². The molecular formula is C24H16O. The molecule has 0 saturated heterocycles. The monoisotopic (exact) mass is 320 g/mol. The summed E-state index contributed by atoms with van der Waals surface area (Å²) >= 11 is 0. The zero-order valence-electron chi connectivity index (χ0n) is 13.7. The lowest BCUT2D eigenvalue weighted by Gasteiger charge is -2.19. The molecule has 0 unspecified atom stereocenters. The summed E-state index contributed by atoms with van der Waals surface area (Å²) in [5, 5.41) is 2.45. The average molecular weight is 320 g/mol. The molecule has 0 atom stereocenters. The second-order valence-corrected chi connectivity index (χ2v) is 6.60. The molecule has 1 aliphatic carbocycles. The number of rotatable bonds is 1. The van der Waals surface area contributed by atoms with E-state index < -0.39 is 0 Å². The van der Waals surface area contributed by atoms with Gasteiger partial charge in [0.2, 0.25) is 0 Å². The summed E-state index contributed by atoms with van der Waals surface area (Å²) in [5.74, 6) is 0.138. The van der Waals surface area contributed by atoms with Crippen LogP contribution in [0.2, 0.25) is 0 Å². The smallest absolute Gasteiger partial charge is 0.193 e. The molecule has 0 N–H and O–H groups in total.